The minimum absolute atomic E-state index is 0.123. The smallest absolute Gasteiger partial charge is 0.161 e. The van der Waals surface area contributed by atoms with E-state index in [9.17, 15) is 5.11 Å². The topological polar surface area (TPSA) is 50.7 Å². The molecule has 0 aliphatic heterocycles. The zero-order chi connectivity index (χ0) is 14.6. The van der Waals surface area contributed by atoms with Crippen molar-refractivity contribution >= 4 is 0 Å². The highest BCUT2D eigenvalue weighted by atomic mass is 16.5. The minimum Gasteiger partial charge on any atom is -0.493 e. The van der Waals surface area contributed by atoms with E-state index in [0.29, 0.717) is 12.6 Å². The lowest BCUT2D eigenvalue weighted by molar-refractivity contribution is 0.141. The lowest BCUT2D eigenvalue weighted by Gasteiger charge is -2.29. The Morgan fingerprint density at radius 2 is 2.10 bits per heavy atom. The molecular formula is C16H25NO3. The molecule has 1 fully saturated rings. The van der Waals surface area contributed by atoms with Crippen molar-refractivity contribution in [1.82, 2.24) is 5.32 Å². The van der Waals surface area contributed by atoms with Crippen LogP contribution in [0.15, 0.2) is 18.2 Å². The van der Waals surface area contributed by atoms with Crippen LogP contribution in [-0.2, 0) is 0 Å². The summed E-state index contributed by atoms with van der Waals surface area (Å²) in [6.45, 7) is 4.74. The van der Waals surface area contributed by atoms with Crippen LogP contribution in [0.5, 0.6) is 11.5 Å². The number of aryl methyl sites for hydroxylation is 1. The predicted octanol–water partition coefficient (Wildman–Crippen LogP) is 2.28. The average molecular weight is 279 g/mol. The maximum atomic E-state index is 9.55. The third-order valence-electron chi connectivity index (χ3n) is 3.71. The van der Waals surface area contributed by atoms with E-state index >= 15 is 0 Å². The molecule has 1 aromatic carbocycles. The maximum Gasteiger partial charge on any atom is 0.161 e. The summed E-state index contributed by atoms with van der Waals surface area (Å²) in [6, 6.07) is 6.47. The first kappa shape index (κ1) is 15.1. The van der Waals surface area contributed by atoms with Crippen LogP contribution in [0, 0.1) is 6.92 Å². The molecule has 0 heterocycles. The van der Waals surface area contributed by atoms with Crippen LogP contribution in [0.1, 0.15) is 31.7 Å². The van der Waals surface area contributed by atoms with Crippen LogP contribution < -0.4 is 14.8 Å². The van der Waals surface area contributed by atoms with Gasteiger partial charge in [-0.3, -0.25) is 0 Å². The van der Waals surface area contributed by atoms with E-state index in [0.717, 1.165) is 23.5 Å². The average Bonchev–Trinajstić information content (AvgIpc) is 3.24. The Morgan fingerprint density at radius 1 is 1.35 bits per heavy atom. The molecule has 2 rings (SSSR count). The predicted molar refractivity (Wildman–Crippen MR) is 79.5 cm³/mol. The van der Waals surface area contributed by atoms with Gasteiger partial charge < -0.3 is 19.9 Å². The van der Waals surface area contributed by atoms with Crippen molar-refractivity contribution < 1.29 is 14.6 Å². The van der Waals surface area contributed by atoms with Gasteiger partial charge in [0.15, 0.2) is 11.5 Å². The van der Waals surface area contributed by atoms with Gasteiger partial charge in [0.2, 0.25) is 0 Å². The quantitative estimate of drug-likeness (QED) is 0.766. The van der Waals surface area contributed by atoms with Crippen molar-refractivity contribution in [1.29, 1.82) is 0 Å². The van der Waals surface area contributed by atoms with Crippen molar-refractivity contribution in [3.8, 4) is 11.5 Å². The van der Waals surface area contributed by atoms with Crippen molar-refractivity contribution in [3.05, 3.63) is 23.8 Å². The van der Waals surface area contributed by atoms with Gasteiger partial charge in [-0.2, -0.15) is 0 Å². The Hall–Kier alpha value is -1.26. The van der Waals surface area contributed by atoms with Crippen LogP contribution in [0.4, 0.5) is 0 Å². The van der Waals surface area contributed by atoms with Gasteiger partial charge >= 0.3 is 0 Å². The van der Waals surface area contributed by atoms with Crippen LogP contribution in [0.3, 0.4) is 0 Å². The molecule has 1 aromatic rings. The largest absolute Gasteiger partial charge is 0.493 e. The van der Waals surface area contributed by atoms with E-state index in [-0.39, 0.29) is 12.1 Å². The van der Waals surface area contributed by atoms with Gasteiger partial charge in [-0.1, -0.05) is 6.07 Å². The summed E-state index contributed by atoms with van der Waals surface area (Å²) in [5, 5.41) is 13.0. The highest BCUT2D eigenvalue weighted by molar-refractivity contribution is 5.42. The van der Waals surface area contributed by atoms with Crippen molar-refractivity contribution in [2.45, 2.75) is 44.7 Å². The van der Waals surface area contributed by atoms with E-state index in [2.05, 4.69) is 5.32 Å². The SMILES string of the molecule is COc1cc(C)ccc1OCCC(C)(CO)NC1CC1. The summed E-state index contributed by atoms with van der Waals surface area (Å²) in [7, 11) is 1.65. The molecule has 0 aromatic heterocycles. The molecule has 1 aliphatic rings. The van der Waals surface area contributed by atoms with Crippen molar-refractivity contribution in [2.75, 3.05) is 20.3 Å². The molecule has 0 amide bonds. The van der Waals surface area contributed by atoms with Gasteiger partial charge in [-0.15, -0.1) is 0 Å². The Kier molecular flexibility index (Phi) is 4.89. The summed E-state index contributed by atoms with van der Waals surface area (Å²) >= 11 is 0. The molecule has 0 bridgehead atoms. The van der Waals surface area contributed by atoms with Crippen LogP contribution in [0.25, 0.3) is 0 Å². The molecule has 4 heteroatoms. The molecule has 20 heavy (non-hydrogen) atoms. The second kappa shape index (κ2) is 6.46. The lowest BCUT2D eigenvalue weighted by atomic mass is 9.99. The maximum absolute atomic E-state index is 9.55. The number of methoxy groups -OCH3 is 1. The number of hydrogen-bond donors (Lipinski definition) is 2. The molecule has 1 aliphatic carbocycles. The minimum atomic E-state index is -0.265. The van der Waals surface area contributed by atoms with E-state index < -0.39 is 0 Å². The zero-order valence-electron chi connectivity index (χ0n) is 12.6. The fourth-order valence-corrected chi connectivity index (χ4v) is 2.20. The summed E-state index contributed by atoms with van der Waals surface area (Å²) in [5.41, 5.74) is 0.879. The molecule has 0 saturated heterocycles. The first-order valence-electron chi connectivity index (χ1n) is 7.22. The van der Waals surface area contributed by atoms with Crippen molar-refractivity contribution in [3.63, 3.8) is 0 Å². The Bertz CT molecular complexity index is 445. The second-order valence-electron chi connectivity index (χ2n) is 5.89. The molecule has 112 valence electrons. The Morgan fingerprint density at radius 3 is 2.70 bits per heavy atom. The van der Waals surface area contributed by atoms with Gasteiger partial charge in [0.05, 0.1) is 20.3 Å². The second-order valence-corrected chi connectivity index (χ2v) is 5.89. The third-order valence-corrected chi connectivity index (χ3v) is 3.71. The first-order chi connectivity index (χ1) is 9.56. The highest BCUT2D eigenvalue weighted by Crippen LogP contribution is 2.29. The Balaban J connectivity index is 1.88. The number of nitrogens with one attached hydrogen (secondary N) is 1. The van der Waals surface area contributed by atoms with E-state index in [1.165, 1.54) is 12.8 Å². The molecule has 2 N–H and O–H groups in total. The number of aliphatic hydroxyl groups excluding tert-OH is 1. The number of ether oxygens (including phenoxy) is 2. The summed E-state index contributed by atoms with van der Waals surface area (Å²) in [5.74, 6) is 1.51. The third kappa shape index (κ3) is 4.12. The van der Waals surface area contributed by atoms with E-state index in [1.807, 2.05) is 32.0 Å². The van der Waals surface area contributed by atoms with Gasteiger partial charge in [0.1, 0.15) is 0 Å². The van der Waals surface area contributed by atoms with Crippen LogP contribution in [0.2, 0.25) is 0 Å². The number of rotatable bonds is 8. The number of aliphatic hydroxyl groups is 1. The molecule has 4 nitrogen and oxygen atoms in total. The van der Waals surface area contributed by atoms with Crippen LogP contribution in [-0.4, -0.2) is 37.0 Å². The first-order valence-corrected chi connectivity index (χ1v) is 7.22. The molecule has 1 unspecified atom stereocenters. The fraction of sp³-hybridized carbons (Fsp3) is 0.625. The summed E-state index contributed by atoms with van der Waals surface area (Å²) < 4.78 is 11.1. The van der Waals surface area contributed by atoms with Gasteiger partial charge in [0, 0.05) is 18.0 Å². The van der Waals surface area contributed by atoms with Crippen LogP contribution >= 0.6 is 0 Å². The Labute approximate surface area is 121 Å². The lowest BCUT2D eigenvalue weighted by Crippen LogP contribution is -2.48. The number of benzene rings is 1. The standard InChI is InChI=1S/C16H25NO3/c1-12-4-7-14(15(10-12)19-3)20-9-8-16(2,11-18)17-13-5-6-13/h4,7,10,13,17-18H,5-6,8-9,11H2,1-3H3. The van der Waals surface area contributed by atoms with Gasteiger partial charge in [-0.05, 0) is 44.4 Å². The molecule has 0 spiro atoms. The van der Waals surface area contributed by atoms with Crippen molar-refractivity contribution in [2.24, 2.45) is 0 Å². The number of hydrogen-bond acceptors (Lipinski definition) is 4. The fourth-order valence-electron chi connectivity index (χ4n) is 2.20. The van der Waals surface area contributed by atoms with Gasteiger partial charge in [-0.25, -0.2) is 0 Å². The summed E-state index contributed by atoms with van der Waals surface area (Å²) in [6.07, 6.45) is 3.18. The summed E-state index contributed by atoms with van der Waals surface area (Å²) in [4.78, 5) is 0. The molecular weight excluding hydrogens is 254 g/mol. The zero-order valence-corrected chi connectivity index (χ0v) is 12.6. The normalized spacial score (nSPS) is 17.6. The monoisotopic (exact) mass is 279 g/mol. The molecule has 1 saturated carbocycles. The highest BCUT2D eigenvalue weighted by Gasteiger charge is 2.31. The van der Waals surface area contributed by atoms with E-state index in [4.69, 9.17) is 9.47 Å². The molecule has 1 atom stereocenters. The van der Waals surface area contributed by atoms with E-state index in [1.54, 1.807) is 7.11 Å². The van der Waals surface area contributed by atoms with Gasteiger partial charge in [0.25, 0.3) is 0 Å². The molecule has 0 radical (unpaired) electrons.